The lowest BCUT2D eigenvalue weighted by Gasteiger charge is -2.27. The Hall–Kier alpha value is -4.22. The molecule has 0 radical (unpaired) electrons. The largest absolute Gasteiger partial charge is 0.401 e. The number of nitrogens with zero attached hydrogens (tertiary/aromatic N) is 6. The molecule has 1 saturated heterocycles. The Morgan fingerprint density at radius 1 is 0.897 bits per heavy atom. The third-order valence-electron chi connectivity index (χ3n) is 7.09. The van der Waals surface area contributed by atoms with Crippen LogP contribution in [0.3, 0.4) is 0 Å². The second kappa shape index (κ2) is 10.2. The van der Waals surface area contributed by atoms with E-state index in [0.29, 0.717) is 41.9 Å². The molecule has 1 N–H and O–H groups in total. The van der Waals surface area contributed by atoms with Gasteiger partial charge in [-0.2, -0.15) is 0 Å². The summed E-state index contributed by atoms with van der Waals surface area (Å²) in [6.45, 7) is 2.90. The van der Waals surface area contributed by atoms with Crippen molar-refractivity contribution in [3.05, 3.63) is 70.0 Å². The van der Waals surface area contributed by atoms with Gasteiger partial charge < -0.3 is 14.1 Å². The molecule has 196 valence electrons. The van der Waals surface area contributed by atoms with Crippen molar-refractivity contribution in [1.82, 2.24) is 25.1 Å². The number of benzene rings is 2. The highest BCUT2D eigenvalue weighted by Gasteiger charge is 2.30. The predicted molar refractivity (Wildman–Crippen MR) is 150 cm³/mol. The van der Waals surface area contributed by atoms with Gasteiger partial charge in [0.05, 0.1) is 29.4 Å². The van der Waals surface area contributed by atoms with Crippen LogP contribution < -0.4 is 15.8 Å². The number of nitrogens with one attached hydrogen (secondary N) is 1. The zero-order valence-electron chi connectivity index (χ0n) is 21.0. The minimum atomic E-state index is -0.525. The Labute approximate surface area is 227 Å². The number of hydrogen-bond donors (Lipinski definition) is 1. The van der Waals surface area contributed by atoms with Crippen LogP contribution in [0.25, 0.3) is 33.7 Å². The number of hydrogen-bond acceptors (Lipinski definition) is 11. The van der Waals surface area contributed by atoms with Crippen molar-refractivity contribution in [3.63, 3.8) is 0 Å². The molecule has 4 heterocycles. The molecule has 3 aromatic heterocycles. The van der Waals surface area contributed by atoms with E-state index >= 15 is 0 Å². The summed E-state index contributed by atoms with van der Waals surface area (Å²) in [4.78, 5) is 29.3. The molecule has 0 unspecified atom stereocenters. The molecule has 0 spiro atoms. The van der Waals surface area contributed by atoms with Crippen LogP contribution in [0.15, 0.2) is 63.8 Å². The van der Waals surface area contributed by atoms with Gasteiger partial charge in [0.15, 0.2) is 5.69 Å². The minimum Gasteiger partial charge on any atom is -0.401 e. The average Bonchev–Trinajstić information content (AvgIpc) is 3.56. The number of fused-ring (bicyclic) bond motifs is 1. The van der Waals surface area contributed by atoms with E-state index in [9.17, 15) is 4.79 Å². The summed E-state index contributed by atoms with van der Waals surface area (Å²) in [7, 11) is 0. The summed E-state index contributed by atoms with van der Waals surface area (Å²) in [5, 5.41) is 14.3. The van der Waals surface area contributed by atoms with Crippen molar-refractivity contribution in [2.45, 2.75) is 25.2 Å². The van der Waals surface area contributed by atoms with Gasteiger partial charge in [-0.25, -0.2) is 15.0 Å². The number of rotatable bonds is 6. The Morgan fingerprint density at radius 2 is 1.69 bits per heavy atom. The minimum absolute atomic E-state index is 0.00194. The van der Waals surface area contributed by atoms with Crippen molar-refractivity contribution in [1.29, 1.82) is 0 Å². The highest BCUT2D eigenvalue weighted by molar-refractivity contribution is 7.16. The molecule has 5 aromatic rings. The molecular formula is C28H25N7O3S. The van der Waals surface area contributed by atoms with E-state index in [0.717, 1.165) is 46.9 Å². The zero-order chi connectivity index (χ0) is 26.2. The van der Waals surface area contributed by atoms with E-state index in [2.05, 4.69) is 25.4 Å². The lowest BCUT2D eigenvalue weighted by Crippen LogP contribution is -2.36. The quantitative estimate of drug-likeness (QED) is 0.315. The molecule has 7 rings (SSSR count). The van der Waals surface area contributed by atoms with Gasteiger partial charge in [0, 0.05) is 30.0 Å². The molecular weight excluding hydrogens is 514 g/mol. The van der Waals surface area contributed by atoms with Crippen LogP contribution in [0.2, 0.25) is 0 Å². The third-order valence-corrected chi connectivity index (χ3v) is 8.36. The van der Waals surface area contributed by atoms with Gasteiger partial charge >= 0.3 is 11.6 Å². The van der Waals surface area contributed by atoms with Crippen LogP contribution in [0.1, 0.15) is 30.2 Å². The molecule has 2 aromatic carbocycles. The SMILES string of the molecule is O=c1nc2ccccc2c(-c2ccccc2)nc1Nc1nnc(-c2nc(C3CCC3)sc2N2CCOCC2)o1. The average molecular weight is 540 g/mol. The smallest absolute Gasteiger partial charge is 0.321 e. The van der Waals surface area contributed by atoms with E-state index in [1.165, 1.54) is 6.42 Å². The van der Waals surface area contributed by atoms with E-state index in [4.69, 9.17) is 19.1 Å². The van der Waals surface area contributed by atoms with Crippen LogP contribution >= 0.6 is 11.3 Å². The van der Waals surface area contributed by atoms with Gasteiger partial charge in [-0.1, -0.05) is 60.1 Å². The van der Waals surface area contributed by atoms with Gasteiger partial charge in [0.2, 0.25) is 5.82 Å². The molecule has 0 amide bonds. The maximum absolute atomic E-state index is 13.1. The monoisotopic (exact) mass is 539 g/mol. The van der Waals surface area contributed by atoms with Gasteiger partial charge in [-0.05, 0) is 18.9 Å². The van der Waals surface area contributed by atoms with Gasteiger partial charge in [-0.15, -0.1) is 16.4 Å². The van der Waals surface area contributed by atoms with E-state index in [1.54, 1.807) is 17.4 Å². The maximum Gasteiger partial charge on any atom is 0.321 e. The topological polar surface area (TPSA) is 119 Å². The van der Waals surface area contributed by atoms with Crippen molar-refractivity contribution in [2.24, 2.45) is 0 Å². The molecule has 1 aliphatic carbocycles. The van der Waals surface area contributed by atoms with E-state index in [1.807, 2.05) is 48.5 Å². The molecule has 2 aliphatic rings. The Morgan fingerprint density at radius 3 is 2.49 bits per heavy atom. The van der Waals surface area contributed by atoms with Crippen molar-refractivity contribution >= 4 is 39.1 Å². The fourth-order valence-corrected chi connectivity index (χ4v) is 6.08. The highest BCUT2D eigenvalue weighted by atomic mass is 32.1. The summed E-state index contributed by atoms with van der Waals surface area (Å²) in [6.07, 6.45) is 3.54. The number of aromatic nitrogens is 5. The molecule has 2 fully saturated rings. The number of para-hydroxylation sites is 1. The molecule has 39 heavy (non-hydrogen) atoms. The molecule has 10 nitrogen and oxygen atoms in total. The Balaban J connectivity index is 1.27. The number of thiazole rings is 1. The lowest BCUT2D eigenvalue weighted by molar-refractivity contribution is 0.123. The summed E-state index contributed by atoms with van der Waals surface area (Å²) in [5.74, 6) is 0.786. The Kier molecular flexibility index (Phi) is 6.22. The predicted octanol–water partition coefficient (Wildman–Crippen LogP) is 5.01. The summed E-state index contributed by atoms with van der Waals surface area (Å²) >= 11 is 1.70. The molecule has 0 atom stereocenters. The van der Waals surface area contributed by atoms with Gasteiger partial charge in [0.1, 0.15) is 5.00 Å². The second-order valence-corrected chi connectivity index (χ2v) is 10.6. The van der Waals surface area contributed by atoms with Crippen molar-refractivity contribution in [2.75, 3.05) is 36.5 Å². The normalized spacial score (nSPS) is 15.8. The van der Waals surface area contributed by atoms with E-state index in [-0.39, 0.29) is 11.8 Å². The van der Waals surface area contributed by atoms with Crippen LogP contribution in [0.5, 0.6) is 0 Å². The number of anilines is 3. The van der Waals surface area contributed by atoms with Crippen molar-refractivity contribution in [3.8, 4) is 22.8 Å². The first-order valence-electron chi connectivity index (χ1n) is 13.0. The number of morpholine rings is 1. The molecule has 1 aliphatic heterocycles. The standard InChI is InChI=1S/C28H25N7O3S/c36-24-23(30-21(17-7-2-1-3-8-17)19-11-4-5-12-20(19)29-24)32-28-34-33-25(38-28)22-27(35-13-15-37-16-14-35)39-26(31-22)18-9-6-10-18/h1-5,7-8,11-12,18H,6,9-10,13-16H2,(H,29,30,32,34,36). The third kappa shape index (κ3) is 4.64. The molecule has 1 saturated carbocycles. The first kappa shape index (κ1) is 23.9. The van der Waals surface area contributed by atoms with Crippen LogP contribution in [-0.2, 0) is 4.74 Å². The summed E-state index contributed by atoms with van der Waals surface area (Å²) < 4.78 is 11.6. The number of ether oxygens (including phenoxy) is 1. The fraction of sp³-hybridized carbons (Fsp3) is 0.286. The van der Waals surface area contributed by atoms with Crippen molar-refractivity contribution < 1.29 is 9.15 Å². The maximum atomic E-state index is 13.1. The molecule has 0 bridgehead atoms. The highest BCUT2D eigenvalue weighted by Crippen LogP contribution is 2.44. The lowest BCUT2D eigenvalue weighted by atomic mass is 9.86. The van der Waals surface area contributed by atoms with Gasteiger partial charge in [-0.3, -0.25) is 10.1 Å². The molecule has 11 heteroatoms. The zero-order valence-corrected chi connectivity index (χ0v) is 21.9. The second-order valence-electron chi connectivity index (χ2n) is 9.58. The fourth-order valence-electron chi connectivity index (χ4n) is 4.80. The first-order valence-corrected chi connectivity index (χ1v) is 13.9. The summed E-state index contributed by atoms with van der Waals surface area (Å²) in [6, 6.07) is 17.2. The van der Waals surface area contributed by atoms with E-state index < -0.39 is 5.56 Å². The van der Waals surface area contributed by atoms with Crippen LogP contribution in [-0.4, -0.2) is 51.5 Å². The van der Waals surface area contributed by atoms with Gasteiger partial charge in [0.25, 0.3) is 5.89 Å². The summed E-state index contributed by atoms with van der Waals surface area (Å²) in [5.41, 5.74) is 2.19. The van der Waals surface area contributed by atoms with Crippen LogP contribution in [0, 0.1) is 0 Å². The van der Waals surface area contributed by atoms with Crippen LogP contribution in [0.4, 0.5) is 16.8 Å². The Bertz CT molecular complexity index is 1700. The first-order chi connectivity index (χ1) is 19.2.